The minimum absolute atomic E-state index is 0.292. The molecule has 6 nitrogen and oxygen atoms in total. The number of methoxy groups -OCH3 is 1. The molecule has 7 heteroatoms. The summed E-state index contributed by atoms with van der Waals surface area (Å²) >= 11 is 0. The lowest BCUT2D eigenvalue weighted by molar-refractivity contribution is 0.414. The van der Waals surface area contributed by atoms with Crippen LogP contribution in [-0.4, -0.2) is 22.3 Å². The molecule has 0 atom stereocenters. The third-order valence-electron chi connectivity index (χ3n) is 3.27. The maximum atomic E-state index is 13.2. The van der Waals surface area contributed by atoms with Gasteiger partial charge in [-0.2, -0.15) is 10.1 Å². The summed E-state index contributed by atoms with van der Waals surface area (Å²) < 4.78 is 18.3. The molecule has 0 saturated heterocycles. The highest BCUT2D eigenvalue weighted by molar-refractivity contribution is 5.53. The average molecular weight is 325 g/mol. The van der Waals surface area contributed by atoms with Crippen molar-refractivity contribution in [3.63, 3.8) is 0 Å². The van der Waals surface area contributed by atoms with Crippen molar-refractivity contribution >= 4 is 17.5 Å². The Morgan fingerprint density at radius 1 is 1.12 bits per heavy atom. The zero-order valence-electron chi connectivity index (χ0n) is 13.0. The fourth-order valence-corrected chi connectivity index (χ4v) is 2.07. The molecule has 0 amide bonds. The van der Waals surface area contributed by atoms with Gasteiger partial charge in [0.2, 0.25) is 5.95 Å². The lowest BCUT2D eigenvalue weighted by atomic mass is 10.2. The van der Waals surface area contributed by atoms with Crippen molar-refractivity contribution in [3.05, 3.63) is 66.1 Å². The van der Waals surface area contributed by atoms with Crippen LogP contribution in [0.2, 0.25) is 0 Å². The Morgan fingerprint density at radius 3 is 2.71 bits per heavy atom. The molecule has 0 saturated carbocycles. The number of halogens is 1. The molecular formula is C17H16FN5O. The summed E-state index contributed by atoms with van der Waals surface area (Å²) in [6, 6.07) is 13.8. The summed E-state index contributed by atoms with van der Waals surface area (Å²) in [4.78, 5) is 4.30. The van der Waals surface area contributed by atoms with E-state index in [1.165, 1.54) is 18.3 Å². The minimum atomic E-state index is -0.332. The summed E-state index contributed by atoms with van der Waals surface area (Å²) in [5.41, 5.74) is 1.64. The Balaban J connectivity index is 1.64. The van der Waals surface area contributed by atoms with Gasteiger partial charge in [-0.15, -0.1) is 5.10 Å². The monoisotopic (exact) mass is 325 g/mol. The second kappa shape index (κ2) is 7.36. The molecule has 0 fully saturated rings. The van der Waals surface area contributed by atoms with Gasteiger partial charge in [0.25, 0.3) is 0 Å². The normalized spacial score (nSPS) is 10.2. The Hall–Kier alpha value is -3.22. The highest BCUT2D eigenvalue weighted by Crippen LogP contribution is 2.15. The predicted octanol–water partition coefficient (Wildman–Crippen LogP) is 3.38. The molecule has 0 bridgehead atoms. The predicted molar refractivity (Wildman–Crippen MR) is 89.8 cm³/mol. The molecule has 0 spiro atoms. The van der Waals surface area contributed by atoms with E-state index < -0.39 is 0 Å². The molecule has 0 radical (unpaired) electrons. The van der Waals surface area contributed by atoms with Gasteiger partial charge in [-0.1, -0.05) is 18.2 Å². The Morgan fingerprint density at radius 2 is 1.96 bits per heavy atom. The van der Waals surface area contributed by atoms with E-state index in [-0.39, 0.29) is 5.82 Å². The summed E-state index contributed by atoms with van der Waals surface area (Å²) in [5.74, 6) is 1.34. The van der Waals surface area contributed by atoms with E-state index >= 15 is 0 Å². The number of hydrogen-bond donors (Lipinski definition) is 2. The molecule has 1 heterocycles. The number of benzene rings is 2. The number of nitrogens with zero attached hydrogens (tertiary/aromatic N) is 3. The Bertz CT molecular complexity index is 810. The highest BCUT2D eigenvalue weighted by Gasteiger charge is 2.03. The molecule has 3 rings (SSSR count). The maximum Gasteiger partial charge on any atom is 0.249 e. The number of anilines is 3. The van der Waals surface area contributed by atoms with E-state index in [1.54, 1.807) is 19.2 Å². The molecule has 0 aliphatic carbocycles. The van der Waals surface area contributed by atoms with Gasteiger partial charge in [0.05, 0.1) is 13.3 Å². The standard InChI is InChI=1S/C17H16FN5O/c1-24-15-7-5-12(6-8-15)10-19-16-11-20-23-17(22-16)21-14-4-2-3-13(18)9-14/h2-9,11H,10H2,1H3,(H2,19,21,22,23). The van der Waals surface area contributed by atoms with Crippen molar-refractivity contribution in [1.82, 2.24) is 15.2 Å². The Labute approximate surface area is 138 Å². The molecule has 0 aliphatic rings. The van der Waals surface area contributed by atoms with E-state index in [2.05, 4.69) is 25.8 Å². The molecule has 2 aromatic carbocycles. The summed E-state index contributed by atoms with van der Waals surface area (Å²) in [5, 5.41) is 13.9. The lowest BCUT2D eigenvalue weighted by Gasteiger charge is -2.08. The van der Waals surface area contributed by atoms with Crippen molar-refractivity contribution in [2.45, 2.75) is 6.54 Å². The van der Waals surface area contributed by atoms with Crippen LogP contribution in [0, 0.1) is 5.82 Å². The van der Waals surface area contributed by atoms with Crippen LogP contribution in [0.4, 0.5) is 21.8 Å². The second-order valence-electron chi connectivity index (χ2n) is 5.00. The van der Waals surface area contributed by atoms with Gasteiger partial charge in [0.15, 0.2) is 5.82 Å². The zero-order valence-corrected chi connectivity index (χ0v) is 13.0. The van der Waals surface area contributed by atoms with Gasteiger partial charge in [0, 0.05) is 12.2 Å². The minimum Gasteiger partial charge on any atom is -0.497 e. The van der Waals surface area contributed by atoms with Crippen LogP contribution in [0.15, 0.2) is 54.7 Å². The van der Waals surface area contributed by atoms with Crippen LogP contribution in [-0.2, 0) is 6.54 Å². The maximum absolute atomic E-state index is 13.2. The first-order chi connectivity index (χ1) is 11.7. The molecule has 1 aromatic heterocycles. The van der Waals surface area contributed by atoms with Crippen molar-refractivity contribution in [2.75, 3.05) is 17.7 Å². The number of nitrogens with one attached hydrogen (secondary N) is 2. The van der Waals surface area contributed by atoms with Crippen LogP contribution < -0.4 is 15.4 Å². The van der Waals surface area contributed by atoms with E-state index in [9.17, 15) is 4.39 Å². The van der Waals surface area contributed by atoms with Crippen LogP contribution in [0.25, 0.3) is 0 Å². The number of ether oxygens (including phenoxy) is 1. The first-order valence-corrected chi connectivity index (χ1v) is 7.32. The lowest BCUT2D eigenvalue weighted by Crippen LogP contribution is -2.05. The van der Waals surface area contributed by atoms with Gasteiger partial charge in [-0.25, -0.2) is 4.39 Å². The number of hydrogen-bond acceptors (Lipinski definition) is 6. The molecule has 122 valence electrons. The molecule has 0 unspecified atom stereocenters. The van der Waals surface area contributed by atoms with Crippen LogP contribution in [0.5, 0.6) is 5.75 Å². The van der Waals surface area contributed by atoms with Crippen molar-refractivity contribution < 1.29 is 9.13 Å². The van der Waals surface area contributed by atoms with Crippen LogP contribution >= 0.6 is 0 Å². The summed E-state index contributed by atoms with van der Waals surface area (Å²) in [7, 11) is 1.63. The quantitative estimate of drug-likeness (QED) is 0.724. The number of aromatic nitrogens is 3. The molecule has 0 aliphatic heterocycles. The molecular weight excluding hydrogens is 309 g/mol. The third kappa shape index (κ3) is 4.16. The van der Waals surface area contributed by atoms with Crippen LogP contribution in [0.3, 0.4) is 0 Å². The molecule has 24 heavy (non-hydrogen) atoms. The zero-order chi connectivity index (χ0) is 16.8. The van der Waals surface area contributed by atoms with E-state index in [0.717, 1.165) is 11.3 Å². The SMILES string of the molecule is COc1ccc(CNc2cnnc(Nc3cccc(F)c3)n2)cc1. The smallest absolute Gasteiger partial charge is 0.249 e. The van der Waals surface area contributed by atoms with Gasteiger partial charge in [-0.3, -0.25) is 0 Å². The van der Waals surface area contributed by atoms with Crippen molar-refractivity contribution in [2.24, 2.45) is 0 Å². The number of rotatable bonds is 6. The molecule has 2 N–H and O–H groups in total. The van der Waals surface area contributed by atoms with Crippen molar-refractivity contribution in [3.8, 4) is 5.75 Å². The average Bonchev–Trinajstić information content (AvgIpc) is 2.61. The summed E-state index contributed by atoms with van der Waals surface area (Å²) in [6.07, 6.45) is 1.53. The third-order valence-corrected chi connectivity index (χ3v) is 3.27. The van der Waals surface area contributed by atoms with Crippen molar-refractivity contribution in [1.29, 1.82) is 0 Å². The largest absolute Gasteiger partial charge is 0.497 e. The van der Waals surface area contributed by atoms with Gasteiger partial charge in [0.1, 0.15) is 11.6 Å². The van der Waals surface area contributed by atoms with Gasteiger partial charge >= 0.3 is 0 Å². The fourth-order valence-electron chi connectivity index (χ4n) is 2.07. The fraction of sp³-hybridized carbons (Fsp3) is 0.118. The van der Waals surface area contributed by atoms with Crippen LogP contribution in [0.1, 0.15) is 5.56 Å². The highest BCUT2D eigenvalue weighted by atomic mass is 19.1. The van der Waals surface area contributed by atoms with E-state index in [0.29, 0.717) is 24.0 Å². The molecule has 3 aromatic rings. The topological polar surface area (TPSA) is 72.0 Å². The second-order valence-corrected chi connectivity index (χ2v) is 5.00. The summed E-state index contributed by atoms with van der Waals surface area (Å²) in [6.45, 7) is 0.585. The first kappa shape index (κ1) is 15.7. The van der Waals surface area contributed by atoms with E-state index in [1.807, 2.05) is 24.3 Å². The van der Waals surface area contributed by atoms with Gasteiger partial charge < -0.3 is 15.4 Å². The van der Waals surface area contributed by atoms with E-state index in [4.69, 9.17) is 4.74 Å². The Kier molecular flexibility index (Phi) is 4.81. The van der Waals surface area contributed by atoms with Gasteiger partial charge in [-0.05, 0) is 35.9 Å². The first-order valence-electron chi connectivity index (χ1n) is 7.32.